The molecule has 3 nitrogen and oxygen atoms in total. The summed E-state index contributed by atoms with van der Waals surface area (Å²) in [6.07, 6.45) is 0. The summed E-state index contributed by atoms with van der Waals surface area (Å²) in [7, 11) is -2.60. The van der Waals surface area contributed by atoms with Crippen molar-refractivity contribution in [1.82, 2.24) is 0 Å². The molecule has 0 aromatic heterocycles. The average Bonchev–Trinajstić information content (AvgIpc) is 0.811. The van der Waals surface area contributed by atoms with Crippen LogP contribution in [0.3, 0.4) is 0 Å². The lowest BCUT2D eigenvalue weighted by Crippen LogP contribution is -2.30. The second kappa shape index (κ2) is 4.60. The summed E-state index contributed by atoms with van der Waals surface area (Å²) in [5.74, 6) is 0. The lowest BCUT2D eigenvalue weighted by atomic mass is 15.8. The number of rotatable bonds is 0. The summed E-state index contributed by atoms with van der Waals surface area (Å²) in [6, 6.07) is 0. The molecule has 1 N–H and O–H groups in total. The topological polar surface area (TPSA) is 66.3 Å². The highest BCUT2D eigenvalue weighted by atomic mass is 35.6. The summed E-state index contributed by atoms with van der Waals surface area (Å²) in [4.78, 5) is 0. The fourth-order valence-electron chi connectivity index (χ4n) is 0. The van der Waals surface area contributed by atoms with Crippen LogP contribution < -0.4 is 9.32 Å². The van der Waals surface area contributed by atoms with Crippen molar-refractivity contribution >= 4 is 9.90 Å². The Labute approximate surface area is 35.6 Å². The van der Waals surface area contributed by atoms with Crippen LogP contribution in [0.4, 0.5) is 0 Å². The fraction of sp³-hybridized carbons (Fsp3) is 0. The Balaban J connectivity index is 0. The van der Waals surface area contributed by atoms with Crippen molar-refractivity contribution in [3.8, 4) is 0 Å². The van der Waals surface area contributed by atoms with E-state index in [0.717, 1.165) is 0 Å². The van der Waals surface area contributed by atoms with Crippen LogP contribution in [0.2, 0.25) is 0 Å². The second-order valence-corrected chi connectivity index (χ2v) is 0.603. The van der Waals surface area contributed by atoms with Gasteiger partial charge in [0.25, 0.3) is 10.8 Å². The molecule has 31 valence electrons. The molecule has 0 unspecified atom stereocenters. The first kappa shape index (κ1) is 9.14. The highest BCUT2D eigenvalue weighted by molar-refractivity contribution is 6.92. The highest BCUT2D eigenvalue weighted by Crippen LogP contribution is 1.38. The molecule has 0 atom stereocenters. The van der Waals surface area contributed by atoms with Gasteiger partial charge < -0.3 is 9.32 Å². The van der Waals surface area contributed by atoms with Gasteiger partial charge in [-0.15, -0.1) is 0 Å². The van der Waals surface area contributed by atoms with Crippen molar-refractivity contribution in [1.29, 1.82) is 0 Å². The van der Waals surface area contributed by atoms with Gasteiger partial charge in [0.05, 0.1) is 0 Å². The Morgan fingerprint density at radius 3 is 1.40 bits per heavy atom. The van der Waals surface area contributed by atoms with E-state index < -0.39 is 10.8 Å². The van der Waals surface area contributed by atoms with Gasteiger partial charge in [0.1, 0.15) is 0 Å². The van der Waals surface area contributed by atoms with Gasteiger partial charge in [-0.05, 0) is 0 Å². The van der Waals surface area contributed by atoms with Gasteiger partial charge >= 0.3 is 0 Å². The number of halogens is 1. The second-order valence-electron chi connectivity index (χ2n) is 0.201. The predicted octanol–water partition coefficient (Wildman–Crippen LogP) is -2.07. The molecule has 0 aliphatic carbocycles. The largest absolute Gasteiger partial charge is 0.321 e. The molecule has 0 aliphatic rings. The van der Waals surface area contributed by atoms with E-state index in [1.165, 1.54) is 0 Å². The molecule has 0 saturated carbocycles. The minimum Gasteiger partial charge on any atom is -0.321 e. The van der Waals surface area contributed by atoms with E-state index >= 15 is 0 Å². The molecule has 0 saturated heterocycles. The van der Waals surface area contributed by atoms with E-state index in [4.69, 9.17) is 14.0 Å². The standard InChI is InChI=1S/ClHO3.P/c2-1(3)4;/h2H;. The molecule has 0 rings (SSSR count). The van der Waals surface area contributed by atoms with Crippen LogP contribution in [-0.2, 0) is 0 Å². The van der Waals surface area contributed by atoms with Gasteiger partial charge in [0.2, 0.25) is 0 Å². The molecule has 0 bridgehead atoms. The van der Waals surface area contributed by atoms with Gasteiger partial charge in [0.15, 0.2) is 0 Å². The minimum absolute atomic E-state index is 0. The normalized spacial score (nSPS) is 7.20. The van der Waals surface area contributed by atoms with Crippen LogP contribution in [0.15, 0.2) is 0 Å². The van der Waals surface area contributed by atoms with Crippen molar-refractivity contribution in [2.24, 2.45) is 0 Å². The third-order valence-electron chi connectivity index (χ3n) is 0. The quantitative estimate of drug-likeness (QED) is 0.369. The maximum Gasteiger partial charge on any atom is 0.282 e. The molecular weight excluding hydrogens is 114 g/mol. The molecule has 0 spiro atoms. The Kier molecular flexibility index (Phi) is 8.41. The van der Waals surface area contributed by atoms with E-state index in [0.29, 0.717) is 0 Å². The Bertz CT molecular complexity index is 11.6. The summed E-state index contributed by atoms with van der Waals surface area (Å²) < 4.78 is 24.0. The molecular formula is HClO3P. The van der Waals surface area contributed by atoms with E-state index in [2.05, 4.69) is 0 Å². The molecule has 0 heterocycles. The van der Waals surface area contributed by atoms with Crippen molar-refractivity contribution in [2.75, 3.05) is 0 Å². The summed E-state index contributed by atoms with van der Waals surface area (Å²) in [5, 5.41) is 0. The molecule has 0 fully saturated rings. The van der Waals surface area contributed by atoms with E-state index in [1.54, 1.807) is 0 Å². The van der Waals surface area contributed by atoms with E-state index in [1.807, 2.05) is 0 Å². The van der Waals surface area contributed by atoms with Gasteiger partial charge in [-0.3, -0.25) is 0 Å². The van der Waals surface area contributed by atoms with Crippen molar-refractivity contribution in [3.63, 3.8) is 0 Å². The first-order valence-electron chi connectivity index (χ1n) is 0.478. The predicted molar refractivity (Wildman–Crippen MR) is 9.14 cm³/mol. The van der Waals surface area contributed by atoms with Crippen LogP contribution in [0, 0.1) is 10.8 Å². The van der Waals surface area contributed by atoms with Crippen LogP contribution in [0.1, 0.15) is 0 Å². The molecule has 5 heavy (non-hydrogen) atoms. The molecule has 5 heteroatoms. The Morgan fingerprint density at radius 2 is 1.40 bits per heavy atom. The van der Waals surface area contributed by atoms with Crippen molar-refractivity contribution < 1.29 is 24.8 Å². The van der Waals surface area contributed by atoms with Crippen molar-refractivity contribution in [2.45, 2.75) is 0 Å². The number of hydrogen-bond donors (Lipinski definition) is 1. The zero-order chi connectivity index (χ0) is 3.58. The van der Waals surface area contributed by atoms with Crippen LogP contribution in [0.25, 0.3) is 0 Å². The molecule has 0 aromatic carbocycles. The monoisotopic (exact) mass is 115 g/mol. The summed E-state index contributed by atoms with van der Waals surface area (Å²) >= 11 is 0. The van der Waals surface area contributed by atoms with Gasteiger partial charge in [0, 0.05) is 14.6 Å². The molecule has 0 aromatic rings. The number of hydrogen-bond acceptors (Lipinski definition) is 3. The summed E-state index contributed by atoms with van der Waals surface area (Å²) in [5.41, 5.74) is 0. The molecule has 3 radical (unpaired) electrons. The highest BCUT2D eigenvalue weighted by Gasteiger charge is 1.79. The SMILES string of the molecule is [O-][Cl+2]([O-])O.[P]. The zero-order valence-electron chi connectivity index (χ0n) is 2.09. The van der Waals surface area contributed by atoms with Gasteiger partial charge in [-0.25, -0.2) is 0 Å². The van der Waals surface area contributed by atoms with Gasteiger partial charge in [-0.2, -0.15) is 0 Å². The van der Waals surface area contributed by atoms with Crippen LogP contribution in [0.5, 0.6) is 0 Å². The maximum absolute atomic E-state index is 8.52. The average molecular weight is 115 g/mol. The summed E-state index contributed by atoms with van der Waals surface area (Å²) in [6.45, 7) is 0. The lowest BCUT2D eigenvalue weighted by molar-refractivity contribution is -1.63. The minimum atomic E-state index is -2.60. The van der Waals surface area contributed by atoms with Crippen molar-refractivity contribution in [3.05, 3.63) is 0 Å². The van der Waals surface area contributed by atoms with E-state index in [9.17, 15) is 0 Å². The Hall–Kier alpha value is 0.600. The maximum atomic E-state index is 8.52. The lowest BCUT2D eigenvalue weighted by Gasteiger charge is -1.72. The first-order valence-corrected chi connectivity index (χ1v) is 1.43. The third-order valence-corrected chi connectivity index (χ3v) is 0. The zero-order valence-corrected chi connectivity index (χ0v) is 3.74. The van der Waals surface area contributed by atoms with Crippen LogP contribution in [-0.4, -0.2) is 4.66 Å². The Morgan fingerprint density at radius 1 is 1.40 bits per heavy atom. The van der Waals surface area contributed by atoms with E-state index in [-0.39, 0.29) is 9.90 Å². The van der Waals surface area contributed by atoms with Crippen LogP contribution >= 0.6 is 9.90 Å². The first-order chi connectivity index (χ1) is 1.73. The smallest absolute Gasteiger partial charge is 0.282 e. The third kappa shape index (κ3) is 86.4. The fourth-order valence-corrected chi connectivity index (χ4v) is 0. The van der Waals surface area contributed by atoms with Gasteiger partial charge in [-0.1, -0.05) is 0 Å². The molecule has 0 amide bonds. The molecule has 0 aliphatic heterocycles.